The minimum absolute atomic E-state index is 0.0227. The molecule has 0 saturated carbocycles. The highest BCUT2D eigenvalue weighted by molar-refractivity contribution is 5.77. The standard InChI is InChI=1S/C14H21FN2O2/c1-10-7-11(15)5-6-12(10)13(18)8-17(4)9-14(19)16(2)3/h5-7,13,18H,8-9H2,1-4H3. The fraction of sp³-hybridized carbons (Fsp3) is 0.500. The van der Waals surface area contributed by atoms with Crippen LogP contribution in [-0.2, 0) is 4.79 Å². The summed E-state index contributed by atoms with van der Waals surface area (Å²) in [7, 11) is 5.15. The van der Waals surface area contributed by atoms with E-state index in [1.807, 2.05) is 0 Å². The Morgan fingerprint density at radius 3 is 2.53 bits per heavy atom. The largest absolute Gasteiger partial charge is 0.387 e. The minimum atomic E-state index is -0.736. The molecule has 0 heterocycles. The smallest absolute Gasteiger partial charge is 0.236 e. The van der Waals surface area contributed by atoms with Crippen LogP contribution in [0, 0.1) is 12.7 Å². The van der Waals surface area contributed by atoms with Gasteiger partial charge >= 0.3 is 0 Å². The van der Waals surface area contributed by atoms with E-state index in [2.05, 4.69) is 0 Å². The average Bonchev–Trinajstić information content (AvgIpc) is 2.27. The van der Waals surface area contributed by atoms with Crippen molar-refractivity contribution in [1.82, 2.24) is 9.80 Å². The molecule has 1 rings (SSSR count). The summed E-state index contributed by atoms with van der Waals surface area (Å²) >= 11 is 0. The Morgan fingerprint density at radius 2 is 2.00 bits per heavy atom. The van der Waals surface area contributed by atoms with Crippen LogP contribution in [0.25, 0.3) is 0 Å². The van der Waals surface area contributed by atoms with Gasteiger partial charge in [0.05, 0.1) is 12.6 Å². The number of aryl methyl sites for hydroxylation is 1. The molecule has 5 heteroatoms. The van der Waals surface area contributed by atoms with Crippen LogP contribution < -0.4 is 0 Å². The zero-order chi connectivity index (χ0) is 14.6. The van der Waals surface area contributed by atoms with E-state index in [4.69, 9.17) is 0 Å². The van der Waals surface area contributed by atoms with E-state index in [0.717, 1.165) is 0 Å². The number of rotatable bonds is 5. The molecule has 1 atom stereocenters. The van der Waals surface area contributed by atoms with Crippen molar-refractivity contribution in [3.05, 3.63) is 35.1 Å². The number of hydrogen-bond donors (Lipinski definition) is 1. The second-order valence-electron chi connectivity index (χ2n) is 5.00. The summed E-state index contributed by atoms with van der Waals surface area (Å²) in [5.41, 5.74) is 1.39. The number of carbonyl (C=O) groups is 1. The first kappa shape index (κ1) is 15.6. The highest BCUT2D eigenvalue weighted by Gasteiger charge is 2.15. The summed E-state index contributed by atoms with van der Waals surface area (Å²) in [6.45, 7) is 2.32. The summed E-state index contributed by atoms with van der Waals surface area (Å²) in [4.78, 5) is 14.8. The van der Waals surface area contributed by atoms with Gasteiger partial charge in [-0.1, -0.05) is 6.07 Å². The quantitative estimate of drug-likeness (QED) is 0.872. The van der Waals surface area contributed by atoms with Gasteiger partial charge in [0.25, 0.3) is 0 Å². The van der Waals surface area contributed by atoms with Crippen LogP contribution in [0.4, 0.5) is 4.39 Å². The number of benzene rings is 1. The molecule has 0 bridgehead atoms. The van der Waals surface area contributed by atoms with Crippen molar-refractivity contribution in [1.29, 1.82) is 0 Å². The van der Waals surface area contributed by atoms with Crippen LogP contribution in [0.2, 0.25) is 0 Å². The number of halogens is 1. The molecule has 1 unspecified atom stereocenters. The third-order valence-corrected chi connectivity index (χ3v) is 2.98. The van der Waals surface area contributed by atoms with Crippen LogP contribution in [-0.4, -0.2) is 55.0 Å². The van der Waals surface area contributed by atoms with E-state index in [0.29, 0.717) is 17.7 Å². The zero-order valence-electron chi connectivity index (χ0n) is 11.9. The lowest BCUT2D eigenvalue weighted by molar-refractivity contribution is -0.129. The number of carbonyl (C=O) groups excluding carboxylic acids is 1. The van der Waals surface area contributed by atoms with E-state index in [-0.39, 0.29) is 18.3 Å². The molecule has 1 aromatic rings. The lowest BCUT2D eigenvalue weighted by Crippen LogP contribution is -2.36. The van der Waals surface area contributed by atoms with Gasteiger partial charge in [0.15, 0.2) is 0 Å². The van der Waals surface area contributed by atoms with Crippen LogP contribution in [0.15, 0.2) is 18.2 Å². The molecule has 0 saturated heterocycles. The molecular weight excluding hydrogens is 247 g/mol. The van der Waals surface area contributed by atoms with Gasteiger partial charge in [0.2, 0.25) is 5.91 Å². The zero-order valence-corrected chi connectivity index (χ0v) is 11.9. The van der Waals surface area contributed by atoms with Crippen LogP contribution in [0.5, 0.6) is 0 Å². The predicted molar refractivity (Wildman–Crippen MR) is 72.3 cm³/mol. The molecule has 0 spiro atoms. The molecule has 0 radical (unpaired) electrons. The number of aliphatic hydroxyl groups excluding tert-OH is 1. The monoisotopic (exact) mass is 268 g/mol. The van der Waals surface area contributed by atoms with Crippen molar-refractivity contribution in [2.45, 2.75) is 13.0 Å². The summed E-state index contributed by atoms with van der Waals surface area (Å²) in [5, 5.41) is 10.1. The second-order valence-corrected chi connectivity index (χ2v) is 5.00. The van der Waals surface area contributed by atoms with Crippen molar-refractivity contribution < 1.29 is 14.3 Å². The van der Waals surface area contributed by atoms with E-state index in [1.165, 1.54) is 17.0 Å². The maximum Gasteiger partial charge on any atom is 0.236 e. The first-order chi connectivity index (χ1) is 8.81. The summed E-state index contributed by atoms with van der Waals surface area (Å²) in [6, 6.07) is 4.30. The third-order valence-electron chi connectivity index (χ3n) is 2.98. The highest BCUT2D eigenvalue weighted by Crippen LogP contribution is 2.19. The first-order valence-electron chi connectivity index (χ1n) is 6.14. The average molecular weight is 268 g/mol. The molecule has 0 aliphatic heterocycles. The Morgan fingerprint density at radius 1 is 1.37 bits per heavy atom. The van der Waals surface area contributed by atoms with E-state index in [9.17, 15) is 14.3 Å². The van der Waals surface area contributed by atoms with Gasteiger partial charge in [0, 0.05) is 20.6 Å². The molecule has 0 fully saturated rings. The van der Waals surface area contributed by atoms with Crippen LogP contribution >= 0.6 is 0 Å². The van der Waals surface area contributed by atoms with Gasteiger partial charge in [-0.15, -0.1) is 0 Å². The Balaban J connectivity index is 2.63. The molecule has 4 nitrogen and oxygen atoms in total. The van der Waals surface area contributed by atoms with Gasteiger partial charge in [-0.2, -0.15) is 0 Å². The molecule has 19 heavy (non-hydrogen) atoms. The van der Waals surface area contributed by atoms with Gasteiger partial charge in [-0.3, -0.25) is 9.69 Å². The number of aliphatic hydroxyl groups is 1. The lowest BCUT2D eigenvalue weighted by Gasteiger charge is -2.22. The number of amides is 1. The predicted octanol–water partition coefficient (Wildman–Crippen LogP) is 1.19. The van der Waals surface area contributed by atoms with E-state index >= 15 is 0 Å². The molecule has 106 valence electrons. The molecule has 0 aromatic heterocycles. The normalized spacial score (nSPS) is 12.6. The first-order valence-corrected chi connectivity index (χ1v) is 6.14. The topological polar surface area (TPSA) is 43.8 Å². The Hall–Kier alpha value is -1.46. The number of nitrogens with zero attached hydrogens (tertiary/aromatic N) is 2. The van der Waals surface area contributed by atoms with Gasteiger partial charge < -0.3 is 10.0 Å². The summed E-state index contributed by atoms with van der Waals surface area (Å²) in [5.74, 6) is -0.338. The second kappa shape index (κ2) is 6.63. The van der Waals surface area contributed by atoms with Gasteiger partial charge in [0.1, 0.15) is 5.82 Å². The maximum absolute atomic E-state index is 13.0. The SMILES string of the molecule is Cc1cc(F)ccc1C(O)CN(C)CC(=O)N(C)C. The fourth-order valence-electron chi connectivity index (χ4n) is 1.84. The van der Waals surface area contributed by atoms with Gasteiger partial charge in [-0.05, 0) is 37.2 Å². The minimum Gasteiger partial charge on any atom is -0.387 e. The molecule has 1 aromatic carbocycles. The Bertz CT molecular complexity index is 449. The molecule has 1 N–H and O–H groups in total. The molecule has 1 amide bonds. The molecule has 0 aliphatic carbocycles. The molecule has 0 aliphatic rings. The Kier molecular flexibility index (Phi) is 5.44. The lowest BCUT2D eigenvalue weighted by atomic mass is 10.0. The van der Waals surface area contributed by atoms with Crippen molar-refractivity contribution >= 4 is 5.91 Å². The van der Waals surface area contributed by atoms with Crippen molar-refractivity contribution in [2.75, 3.05) is 34.2 Å². The fourth-order valence-corrected chi connectivity index (χ4v) is 1.84. The summed E-state index contributed by atoms with van der Waals surface area (Å²) in [6.07, 6.45) is -0.736. The number of hydrogen-bond acceptors (Lipinski definition) is 3. The van der Waals surface area contributed by atoms with Crippen LogP contribution in [0.3, 0.4) is 0 Å². The van der Waals surface area contributed by atoms with E-state index < -0.39 is 6.10 Å². The van der Waals surface area contributed by atoms with E-state index in [1.54, 1.807) is 39.0 Å². The third kappa shape index (κ3) is 4.61. The van der Waals surface area contributed by atoms with Crippen molar-refractivity contribution in [3.8, 4) is 0 Å². The van der Waals surface area contributed by atoms with Crippen molar-refractivity contribution in [2.24, 2.45) is 0 Å². The summed E-state index contributed by atoms with van der Waals surface area (Å²) < 4.78 is 13.0. The highest BCUT2D eigenvalue weighted by atomic mass is 19.1. The maximum atomic E-state index is 13.0. The van der Waals surface area contributed by atoms with Crippen LogP contribution in [0.1, 0.15) is 17.2 Å². The van der Waals surface area contributed by atoms with Gasteiger partial charge in [-0.25, -0.2) is 4.39 Å². The Labute approximate surface area is 113 Å². The van der Waals surface area contributed by atoms with Crippen molar-refractivity contribution in [3.63, 3.8) is 0 Å². The number of likely N-dealkylation sites (N-methyl/N-ethyl adjacent to an activating group) is 2. The molecular formula is C14H21FN2O2.